The zero-order chi connectivity index (χ0) is 16.5. The average Bonchev–Trinajstić information content (AvgIpc) is 2.51. The Bertz CT molecular complexity index is 599. The molecule has 0 aromatic heterocycles. The van der Waals surface area contributed by atoms with E-state index in [9.17, 15) is 9.59 Å². The van der Waals surface area contributed by atoms with Crippen LogP contribution in [-0.4, -0.2) is 31.1 Å². The Labute approximate surface area is 129 Å². The van der Waals surface area contributed by atoms with Crippen LogP contribution < -0.4 is 9.47 Å². The number of carboxylic acids is 1. The van der Waals surface area contributed by atoms with E-state index in [0.717, 1.165) is 12.5 Å². The summed E-state index contributed by atoms with van der Waals surface area (Å²) in [5, 5.41) is 8.81. The number of rotatable bonds is 8. The molecule has 0 unspecified atom stereocenters. The molecule has 1 aromatic carbocycles. The molecule has 0 aliphatic rings. The first-order chi connectivity index (χ1) is 10.5. The quantitative estimate of drug-likeness (QED) is 0.453. The number of methoxy groups -OCH3 is 2. The lowest BCUT2D eigenvalue weighted by atomic mass is 10.1. The first-order valence-corrected chi connectivity index (χ1v) is 6.89. The van der Waals surface area contributed by atoms with Crippen LogP contribution in [0.3, 0.4) is 0 Å². The topological polar surface area (TPSA) is 72.8 Å². The van der Waals surface area contributed by atoms with Gasteiger partial charge >= 0.3 is 5.97 Å². The van der Waals surface area contributed by atoms with Crippen molar-refractivity contribution in [3.8, 4) is 11.5 Å². The van der Waals surface area contributed by atoms with Crippen LogP contribution >= 0.6 is 0 Å². The van der Waals surface area contributed by atoms with Crippen LogP contribution in [0.15, 0.2) is 42.0 Å². The van der Waals surface area contributed by atoms with Crippen molar-refractivity contribution in [2.24, 2.45) is 0 Å². The highest BCUT2D eigenvalue weighted by molar-refractivity contribution is 6.07. The van der Waals surface area contributed by atoms with Crippen LogP contribution in [0.5, 0.6) is 11.5 Å². The molecule has 1 aromatic rings. The Morgan fingerprint density at radius 2 is 1.91 bits per heavy atom. The van der Waals surface area contributed by atoms with Gasteiger partial charge in [-0.1, -0.05) is 19.4 Å². The summed E-state index contributed by atoms with van der Waals surface area (Å²) in [4.78, 5) is 23.0. The summed E-state index contributed by atoms with van der Waals surface area (Å²) >= 11 is 0. The number of carbonyl (C=O) groups is 2. The van der Waals surface area contributed by atoms with Gasteiger partial charge in [0.2, 0.25) is 0 Å². The van der Waals surface area contributed by atoms with E-state index in [1.807, 2.05) is 6.92 Å². The largest absolute Gasteiger partial charge is 0.497 e. The number of hydrogen-bond donors (Lipinski definition) is 1. The second-order valence-electron chi connectivity index (χ2n) is 4.57. The van der Waals surface area contributed by atoms with Gasteiger partial charge in [0.05, 0.1) is 19.8 Å². The van der Waals surface area contributed by atoms with Gasteiger partial charge in [0.1, 0.15) is 11.5 Å². The highest BCUT2D eigenvalue weighted by atomic mass is 16.5. The number of carbonyl (C=O) groups excluding carboxylic acids is 1. The van der Waals surface area contributed by atoms with Gasteiger partial charge in [0, 0.05) is 6.08 Å². The number of allylic oxidation sites excluding steroid dienone is 3. The molecule has 5 heteroatoms. The second kappa shape index (κ2) is 8.67. The van der Waals surface area contributed by atoms with Gasteiger partial charge < -0.3 is 14.6 Å². The maximum Gasteiger partial charge on any atom is 0.328 e. The predicted molar refractivity (Wildman–Crippen MR) is 83.6 cm³/mol. The molecule has 0 aliphatic heterocycles. The van der Waals surface area contributed by atoms with Gasteiger partial charge in [-0.25, -0.2) is 4.79 Å². The second-order valence-corrected chi connectivity index (χ2v) is 4.57. The van der Waals surface area contributed by atoms with Crippen LogP contribution in [0.25, 0.3) is 0 Å². The smallest absolute Gasteiger partial charge is 0.328 e. The van der Waals surface area contributed by atoms with E-state index in [2.05, 4.69) is 0 Å². The van der Waals surface area contributed by atoms with Crippen molar-refractivity contribution < 1.29 is 24.2 Å². The van der Waals surface area contributed by atoms with E-state index in [0.29, 0.717) is 29.1 Å². The van der Waals surface area contributed by atoms with Crippen molar-refractivity contribution in [2.45, 2.75) is 19.8 Å². The number of benzene rings is 1. The van der Waals surface area contributed by atoms with Crippen LogP contribution in [-0.2, 0) is 4.79 Å². The fourth-order valence-corrected chi connectivity index (χ4v) is 1.93. The molecular weight excluding hydrogens is 284 g/mol. The normalized spacial score (nSPS) is 11.5. The van der Waals surface area contributed by atoms with Crippen molar-refractivity contribution in [1.82, 2.24) is 0 Å². The van der Waals surface area contributed by atoms with Crippen LogP contribution in [0.2, 0.25) is 0 Å². The molecule has 1 N–H and O–H groups in total. The monoisotopic (exact) mass is 304 g/mol. The van der Waals surface area contributed by atoms with Crippen molar-refractivity contribution in [1.29, 1.82) is 0 Å². The van der Waals surface area contributed by atoms with Crippen LogP contribution in [0.1, 0.15) is 30.1 Å². The molecule has 0 fully saturated rings. The number of ether oxygens (including phenoxy) is 2. The minimum atomic E-state index is -1.03. The fourth-order valence-electron chi connectivity index (χ4n) is 1.93. The molecule has 22 heavy (non-hydrogen) atoms. The zero-order valence-corrected chi connectivity index (χ0v) is 13.0. The Hall–Kier alpha value is -2.56. The molecule has 0 atom stereocenters. The molecule has 5 nitrogen and oxygen atoms in total. The van der Waals surface area contributed by atoms with E-state index in [4.69, 9.17) is 14.6 Å². The lowest BCUT2D eigenvalue weighted by Crippen LogP contribution is -2.00. The molecule has 0 radical (unpaired) electrons. The van der Waals surface area contributed by atoms with Crippen molar-refractivity contribution >= 4 is 11.8 Å². The SMILES string of the molecule is CCCC(/C=C/C(=O)c1cc(OC)ccc1OC)=C\C(=O)O. The summed E-state index contributed by atoms with van der Waals surface area (Å²) in [5.74, 6) is -0.315. The molecule has 0 spiro atoms. The van der Waals surface area contributed by atoms with E-state index in [1.54, 1.807) is 18.2 Å². The number of carboxylic acid groups (broad SMARTS) is 1. The maximum atomic E-state index is 12.3. The third-order valence-electron chi connectivity index (χ3n) is 2.97. The van der Waals surface area contributed by atoms with Crippen LogP contribution in [0.4, 0.5) is 0 Å². The number of hydrogen-bond acceptors (Lipinski definition) is 4. The first-order valence-electron chi connectivity index (χ1n) is 6.89. The Morgan fingerprint density at radius 1 is 1.18 bits per heavy atom. The highest BCUT2D eigenvalue weighted by Crippen LogP contribution is 2.24. The number of aliphatic carboxylic acids is 1. The first kappa shape index (κ1) is 17.5. The molecule has 0 aliphatic carbocycles. The minimum absolute atomic E-state index is 0.275. The summed E-state index contributed by atoms with van der Waals surface area (Å²) in [6, 6.07) is 4.94. The molecule has 0 saturated carbocycles. The van der Waals surface area contributed by atoms with Gasteiger partial charge in [-0.2, -0.15) is 0 Å². The summed E-state index contributed by atoms with van der Waals surface area (Å²) in [5.41, 5.74) is 0.953. The minimum Gasteiger partial charge on any atom is -0.497 e. The van der Waals surface area contributed by atoms with E-state index in [1.165, 1.54) is 26.4 Å². The fraction of sp³-hybridized carbons (Fsp3) is 0.294. The van der Waals surface area contributed by atoms with E-state index < -0.39 is 5.97 Å². The van der Waals surface area contributed by atoms with Crippen LogP contribution in [0, 0.1) is 0 Å². The zero-order valence-electron chi connectivity index (χ0n) is 13.0. The number of ketones is 1. The summed E-state index contributed by atoms with van der Waals surface area (Å²) < 4.78 is 10.3. The lowest BCUT2D eigenvalue weighted by molar-refractivity contribution is -0.131. The summed E-state index contributed by atoms with van der Waals surface area (Å²) in [6.45, 7) is 1.94. The molecule has 0 heterocycles. The van der Waals surface area contributed by atoms with Gasteiger partial charge in [-0.3, -0.25) is 4.79 Å². The van der Waals surface area contributed by atoms with Gasteiger partial charge in [-0.15, -0.1) is 0 Å². The predicted octanol–water partition coefficient (Wildman–Crippen LogP) is 3.25. The third kappa shape index (κ3) is 5.09. The standard InChI is InChI=1S/C17H20O5/c1-4-5-12(10-17(19)20)6-8-15(18)14-11-13(21-2)7-9-16(14)22-3/h6-11H,4-5H2,1-3H3,(H,19,20)/b8-6+,12-10+. The van der Waals surface area contributed by atoms with Gasteiger partial charge in [0.25, 0.3) is 0 Å². The van der Waals surface area contributed by atoms with Gasteiger partial charge in [0.15, 0.2) is 5.78 Å². The van der Waals surface area contributed by atoms with Gasteiger partial charge in [-0.05, 0) is 36.3 Å². The lowest BCUT2D eigenvalue weighted by Gasteiger charge is -2.08. The van der Waals surface area contributed by atoms with E-state index >= 15 is 0 Å². The molecular formula is C17H20O5. The Kier molecular flexibility index (Phi) is 6.89. The molecule has 0 saturated heterocycles. The molecule has 0 amide bonds. The maximum absolute atomic E-state index is 12.3. The van der Waals surface area contributed by atoms with Crippen molar-refractivity contribution in [2.75, 3.05) is 14.2 Å². The molecule has 1 rings (SSSR count). The van der Waals surface area contributed by atoms with Crippen molar-refractivity contribution in [3.63, 3.8) is 0 Å². The highest BCUT2D eigenvalue weighted by Gasteiger charge is 2.11. The summed E-state index contributed by atoms with van der Waals surface area (Å²) in [6.07, 6.45) is 5.36. The third-order valence-corrected chi connectivity index (χ3v) is 2.97. The summed E-state index contributed by atoms with van der Waals surface area (Å²) in [7, 11) is 3.00. The molecule has 0 bridgehead atoms. The Balaban J connectivity index is 3.05. The average molecular weight is 304 g/mol. The molecule has 118 valence electrons. The Morgan fingerprint density at radius 3 is 2.45 bits per heavy atom. The van der Waals surface area contributed by atoms with Crippen molar-refractivity contribution in [3.05, 3.63) is 47.6 Å². The van der Waals surface area contributed by atoms with E-state index in [-0.39, 0.29) is 5.78 Å².